The predicted molar refractivity (Wildman–Crippen MR) is 86.0 cm³/mol. The van der Waals surface area contributed by atoms with Gasteiger partial charge in [-0.25, -0.2) is 8.42 Å². The standard InChI is InChI=1S/C14H14ClNO3S2/c1-16(9-6-7-21(18,19)8-9)14(17)13-12(15)10-4-2-3-5-11(10)20-13/h2-5,9H,6-8H2,1H3. The smallest absolute Gasteiger partial charge is 0.265 e. The number of nitrogens with zero attached hydrogens (tertiary/aromatic N) is 1. The second kappa shape index (κ2) is 5.26. The molecule has 21 heavy (non-hydrogen) atoms. The van der Waals surface area contributed by atoms with Crippen molar-refractivity contribution in [1.29, 1.82) is 0 Å². The molecule has 2 heterocycles. The van der Waals surface area contributed by atoms with Crippen LogP contribution >= 0.6 is 22.9 Å². The van der Waals surface area contributed by atoms with Gasteiger partial charge in [0.15, 0.2) is 9.84 Å². The van der Waals surface area contributed by atoms with Crippen LogP contribution in [-0.4, -0.2) is 43.8 Å². The summed E-state index contributed by atoms with van der Waals surface area (Å²) in [5, 5.41) is 1.31. The Morgan fingerprint density at radius 3 is 2.71 bits per heavy atom. The summed E-state index contributed by atoms with van der Waals surface area (Å²) in [6.45, 7) is 0. The van der Waals surface area contributed by atoms with E-state index in [9.17, 15) is 13.2 Å². The number of benzene rings is 1. The molecule has 7 heteroatoms. The Labute approximate surface area is 132 Å². The molecule has 0 spiro atoms. The number of sulfone groups is 1. The van der Waals surface area contributed by atoms with Gasteiger partial charge < -0.3 is 4.90 Å². The van der Waals surface area contributed by atoms with E-state index in [1.807, 2.05) is 24.3 Å². The van der Waals surface area contributed by atoms with Crippen molar-refractivity contribution in [2.45, 2.75) is 12.5 Å². The highest BCUT2D eigenvalue weighted by molar-refractivity contribution is 7.91. The van der Waals surface area contributed by atoms with E-state index in [4.69, 9.17) is 11.6 Å². The van der Waals surface area contributed by atoms with Crippen molar-refractivity contribution in [2.24, 2.45) is 0 Å². The average molecular weight is 344 g/mol. The summed E-state index contributed by atoms with van der Waals surface area (Å²) in [6, 6.07) is 7.32. The highest BCUT2D eigenvalue weighted by Crippen LogP contribution is 2.36. The van der Waals surface area contributed by atoms with Crippen molar-refractivity contribution in [3.05, 3.63) is 34.2 Å². The summed E-state index contributed by atoms with van der Waals surface area (Å²) in [7, 11) is -1.37. The lowest BCUT2D eigenvalue weighted by atomic mass is 10.2. The Bertz CT molecular complexity index is 813. The molecule has 1 fully saturated rings. The number of carbonyl (C=O) groups is 1. The third-order valence-electron chi connectivity index (χ3n) is 3.81. The highest BCUT2D eigenvalue weighted by atomic mass is 35.5. The molecule has 1 aliphatic heterocycles. The van der Waals surface area contributed by atoms with E-state index in [1.54, 1.807) is 7.05 Å². The van der Waals surface area contributed by atoms with Crippen molar-refractivity contribution in [3.63, 3.8) is 0 Å². The Hall–Kier alpha value is -1.11. The number of amides is 1. The molecular weight excluding hydrogens is 330 g/mol. The molecule has 3 rings (SSSR count). The fourth-order valence-electron chi connectivity index (χ4n) is 2.56. The summed E-state index contributed by atoms with van der Waals surface area (Å²) in [6.07, 6.45) is 0.493. The Kier molecular flexibility index (Phi) is 3.71. The highest BCUT2D eigenvalue weighted by Gasteiger charge is 2.34. The summed E-state index contributed by atoms with van der Waals surface area (Å²) in [5.74, 6) is -0.0176. The van der Waals surface area contributed by atoms with Gasteiger partial charge in [0.25, 0.3) is 5.91 Å². The third kappa shape index (κ3) is 2.67. The zero-order valence-corrected chi connectivity index (χ0v) is 13.8. The van der Waals surface area contributed by atoms with Gasteiger partial charge in [-0.3, -0.25) is 4.79 Å². The van der Waals surface area contributed by atoms with Crippen LogP contribution in [0.1, 0.15) is 16.1 Å². The molecule has 1 saturated heterocycles. The van der Waals surface area contributed by atoms with Gasteiger partial charge in [0.2, 0.25) is 0 Å². The van der Waals surface area contributed by atoms with Crippen molar-refractivity contribution < 1.29 is 13.2 Å². The maximum absolute atomic E-state index is 12.6. The van der Waals surface area contributed by atoms with E-state index < -0.39 is 9.84 Å². The summed E-state index contributed by atoms with van der Waals surface area (Å²) in [5.41, 5.74) is 0. The molecule has 0 saturated carbocycles. The zero-order chi connectivity index (χ0) is 15.2. The number of carbonyl (C=O) groups excluding carboxylic acids is 1. The van der Waals surface area contributed by atoms with Gasteiger partial charge in [0.05, 0.1) is 16.5 Å². The van der Waals surface area contributed by atoms with E-state index in [1.165, 1.54) is 16.2 Å². The number of fused-ring (bicyclic) bond motifs is 1. The van der Waals surface area contributed by atoms with Crippen LogP contribution in [0.15, 0.2) is 24.3 Å². The zero-order valence-electron chi connectivity index (χ0n) is 11.4. The molecule has 2 aromatic rings. The lowest BCUT2D eigenvalue weighted by Crippen LogP contribution is -2.37. The summed E-state index contributed by atoms with van der Waals surface area (Å²) in [4.78, 5) is 14.6. The maximum atomic E-state index is 12.6. The molecule has 112 valence electrons. The fourth-order valence-corrected chi connectivity index (χ4v) is 5.83. The Morgan fingerprint density at radius 2 is 2.10 bits per heavy atom. The number of hydrogen-bond donors (Lipinski definition) is 0. The van der Waals surface area contributed by atoms with Gasteiger partial charge in [-0.1, -0.05) is 29.8 Å². The van der Waals surface area contributed by atoms with Gasteiger partial charge >= 0.3 is 0 Å². The lowest BCUT2D eigenvalue weighted by Gasteiger charge is -2.22. The normalized spacial score (nSPS) is 20.8. The van der Waals surface area contributed by atoms with Crippen LogP contribution in [0, 0.1) is 0 Å². The first kappa shape index (κ1) is 14.8. The van der Waals surface area contributed by atoms with E-state index >= 15 is 0 Å². The van der Waals surface area contributed by atoms with E-state index in [0.29, 0.717) is 16.3 Å². The molecule has 1 aromatic heterocycles. The van der Waals surface area contributed by atoms with Crippen molar-refractivity contribution in [3.8, 4) is 0 Å². The van der Waals surface area contributed by atoms with Gasteiger partial charge in [-0.2, -0.15) is 0 Å². The molecule has 0 N–H and O–H groups in total. The first-order valence-corrected chi connectivity index (χ1v) is 9.55. The first-order chi connectivity index (χ1) is 9.89. The second-order valence-corrected chi connectivity index (χ2v) is 8.87. The van der Waals surface area contributed by atoms with Gasteiger partial charge in [0.1, 0.15) is 4.88 Å². The number of rotatable bonds is 2. The third-order valence-corrected chi connectivity index (χ3v) is 7.22. The SMILES string of the molecule is CN(C(=O)c1sc2ccccc2c1Cl)C1CCS(=O)(=O)C1. The fraction of sp³-hybridized carbons (Fsp3) is 0.357. The molecule has 1 unspecified atom stereocenters. The van der Waals surface area contributed by atoms with Crippen molar-refractivity contribution in [2.75, 3.05) is 18.6 Å². The van der Waals surface area contributed by atoms with Gasteiger partial charge in [-0.15, -0.1) is 11.3 Å². The van der Waals surface area contributed by atoms with Crippen LogP contribution in [0.25, 0.3) is 10.1 Å². The van der Waals surface area contributed by atoms with E-state index in [0.717, 1.165) is 10.1 Å². The van der Waals surface area contributed by atoms with E-state index in [2.05, 4.69) is 0 Å². The lowest BCUT2D eigenvalue weighted by molar-refractivity contribution is 0.0753. The van der Waals surface area contributed by atoms with Crippen LogP contribution in [0.3, 0.4) is 0 Å². The maximum Gasteiger partial charge on any atom is 0.265 e. The van der Waals surface area contributed by atoms with Crippen LogP contribution in [0.4, 0.5) is 0 Å². The summed E-state index contributed by atoms with van der Waals surface area (Å²) >= 11 is 7.65. The number of hydrogen-bond acceptors (Lipinski definition) is 4. The molecule has 0 bridgehead atoms. The molecule has 0 radical (unpaired) electrons. The molecule has 1 aromatic carbocycles. The quantitative estimate of drug-likeness (QED) is 0.842. The topological polar surface area (TPSA) is 54.5 Å². The Balaban J connectivity index is 1.92. The first-order valence-electron chi connectivity index (χ1n) is 6.53. The molecule has 1 amide bonds. The average Bonchev–Trinajstić information content (AvgIpc) is 2.98. The van der Waals surface area contributed by atoms with Crippen LogP contribution in [0.2, 0.25) is 5.02 Å². The minimum absolute atomic E-state index is 0.0394. The molecule has 0 aliphatic carbocycles. The van der Waals surface area contributed by atoms with Crippen LogP contribution in [0.5, 0.6) is 0 Å². The molecule has 1 aliphatic rings. The minimum Gasteiger partial charge on any atom is -0.337 e. The van der Waals surface area contributed by atoms with Crippen molar-refractivity contribution in [1.82, 2.24) is 4.90 Å². The van der Waals surface area contributed by atoms with E-state index in [-0.39, 0.29) is 23.5 Å². The second-order valence-electron chi connectivity index (χ2n) is 5.21. The molecule has 4 nitrogen and oxygen atoms in total. The predicted octanol–water partition coefficient (Wildman–Crippen LogP) is 2.81. The van der Waals surface area contributed by atoms with Crippen molar-refractivity contribution >= 4 is 48.8 Å². The minimum atomic E-state index is -3.01. The van der Waals surface area contributed by atoms with Crippen LogP contribution in [-0.2, 0) is 9.84 Å². The monoisotopic (exact) mass is 343 g/mol. The van der Waals surface area contributed by atoms with Crippen LogP contribution < -0.4 is 0 Å². The summed E-state index contributed by atoms with van der Waals surface area (Å²) < 4.78 is 24.1. The number of thiophene rings is 1. The van der Waals surface area contributed by atoms with Gasteiger partial charge in [0, 0.05) is 23.2 Å². The molecule has 1 atom stereocenters. The van der Waals surface area contributed by atoms with Gasteiger partial charge in [-0.05, 0) is 12.5 Å². The molecular formula is C14H14ClNO3S2. The largest absolute Gasteiger partial charge is 0.337 e. The Morgan fingerprint density at radius 1 is 1.38 bits per heavy atom. The number of halogens is 1.